The Bertz CT molecular complexity index is 367. The van der Waals surface area contributed by atoms with E-state index in [2.05, 4.69) is 13.8 Å². The van der Waals surface area contributed by atoms with Crippen molar-refractivity contribution in [1.29, 1.82) is 0 Å². The summed E-state index contributed by atoms with van der Waals surface area (Å²) in [4.78, 5) is 0. The quantitative estimate of drug-likeness (QED) is 0.806. The van der Waals surface area contributed by atoms with E-state index in [1.54, 1.807) is 4.31 Å². The highest BCUT2D eigenvalue weighted by Crippen LogP contribution is 2.26. The van der Waals surface area contributed by atoms with Gasteiger partial charge in [-0.2, -0.15) is 17.0 Å². The van der Waals surface area contributed by atoms with Gasteiger partial charge in [0.2, 0.25) is 0 Å². The van der Waals surface area contributed by atoms with Crippen LogP contribution in [0.15, 0.2) is 0 Å². The van der Waals surface area contributed by atoms with Crippen molar-refractivity contribution in [2.45, 2.75) is 39.2 Å². The number of hydrogen-bond acceptors (Lipinski definition) is 3. The zero-order valence-corrected chi connectivity index (χ0v) is 12.1. The second-order valence-corrected chi connectivity index (χ2v) is 7.83. The van der Waals surface area contributed by atoms with Gasteiger partial charge in [0.15, 0.2) is 0 Å². The van der Waals surface area contributed by atoms with Gasteiger partial charge in [-0.25, -0.2) is 0 Å². The molecule has 2 atom stereocenters. The van der Waals surface area contributed by atoms with E-state index in [1.165, 1.54) is 4.31 Å². The number of hydrogen-bond donors (Lipinski definition) is 1. The highest BCUT2D eigenvalue weighted by atomic mass is 32.2. The zero-order valence-electron chi connectivity index (χ0n) is 11.2. The third-order valence-electron chi connectivity index (χ3n) is 3.91. The summed E-state index contributed by atoms with van der Waals surface area (Å²) in [5, 5.41) is 9.45. The van der Waals surface area contributed by atoms with E-state index in [1.807, 2.05) is 0 Å². The Morgan fingerprint density at radius 3 is 2.00 bits per heavy atom. The molecule has 0 spiro atoms. The van der Waals surface area contributed by atoms with Gasteiger partial charge in [0.25, 0.3) is 10.2 Å². The smallest absolute Gasteiger partial charge is 0.281 e. The Morgan fingerprint density at radius 2 is 1.50 bits per heavy atom. The van der Waals surface area contributed by atoms with Crippen LogP contribution in [-0.4, -0.2) is 54.4 Å². The van der Waals surface area contributed by atoms with Gasteiger partial charge in [0.1, 0.15) is 0 Å². The SMILES string of the molecule is CC1CC(C)CN(S(=O)(=O)N2CCC(O)CC2)C1. The molecule has 2 heterocycles. The molecule has 0 radical (unpaired) electrons. The predicted octanol–water partition coefficient (Wildman–Crippen LogP) is 0.666. The molecule has 2 aliphatic heterocycles. The third kappa shape index (κ3) is 3.04. The molecular weight excluding hydrogens is 252 g/mol. The Balaban J connectivity index is 2.06. The summed E-state index contributed by atoms with van der Waals surface area (Å²) in [7, 11) is -3.32. The summed E-state index contributed by atoms with van der Waals surface area (Å²) in [6, 6.07) is 0. The van der Waals surface area contributed by atoms with Crippen molar-refractivity contribution in [2.75, 3.05) is 26.2 Å². The second kappa shape index (κ2) is 5.45. The van der Waals surface area contributed by atoms with E-state index in [9.17, 15) is 13.5 Å². The van der Waals surface area contributed by atoms with Gasteiger partial charge < -0.3 is 5.11 Å². The third-order valence-corrected chi connectivity index (χ3v) is 5.88. The highest BCUT2D eigenvalue weighted by Gasteiger charge is 2.36. The molecular formula is C12H24N2O3S. The van der Waals surface area contributed by atoms with E-state index in [0.717, 1.165) is 6.42 Å². The molecule has 0 bridgehead atoms. The number of rotatable bonds is 2. The van der Waals surface area contributed by atoms with Crippen molar-refractivity contribution in [3.8, 4) is 0 Å². The Morgan fingerprint density at radius 1 is 1.00 bits per heavy atom. The van der Waals surface area contributed by atoms with Gasteiger partial charge in [-0.3, -0.25) is 0 Å². The maximum absolute atomic E-state index is 12.5. The van der Waals surface area contributed by atoms with Crippen LogP contribution in [-0.2, 0) is 10.2 Å². The van der Waals surface area contributed by atoms with Gasteiger partial charge >= 0.3 is 0 Å². The molecule has 5 nitrogen and oxygen atoms in total. The van der Waals surface area contributed by atoms with Gasteiger partial charge in [0.05, 0.1) is 6.10 Å². The molecule has 18 heavy (non-hydrogen) atoms. The normalized spacial score (nSPS) is 33.7. The fraction of sp³-hybridized carbons (Fsp3) is 1.00. The zero-order chi connectivity index (χ0) is 13.3. The predicted molar refractivity (Wildman–Crippen MR) is 70.3 cm³/mol. The highest BCUT2D eigenvalue weighted by molar-refractivity contribution is 7.86. The topological polar surface area (TPSA) is 60.9 Å². The monoisotopic (exact) mass is 276 g/mol. The number of nitrogens with zero attached hydrogens (tertiary/aromatic N) is 2. The van der Waals surface area contributed by atoms with Crippen LogP contribution in [0, 0.1) is 11.8 Å². The van der Waals surface area contributed by atoms with Gasteiger partial charge in [-0.15, -0.1) is 0 Å². The molecule has 2 fully saturated rings. The second-order valence-electron chi connectivity index (χ2n) is 5.90. The first kappa shape index (κ1) is 14.2. The van der Waals surface area contributed by atoms with Crippen molar-refractivity contribution in [2.24, 2.45) is 11.8 Å². The molecule has 2 aliphatic rings. The van der Waals surface area contributed by atoms with Gasteiger partial charge in [0, 0.05) is 26.2 Å². The molecule has 2 unspecified atom stereocenters. The largest absolute Gasteiger partial charge is 0.393 e. The molecule has 106 valence electrons. The van der Waals surface area contributed by atoms with Crippen molar-refractivity contribution in [1.82, 2.24) is 8.61 Å². The molecule has 0 aromatic carbocycles. The number of aliphatic hydroxyl groups excluding tert-OH is 1. The molecule has 2 saturated heterocycles. The minimum Gasteiger partial charge on any atom is -0.393 e. The van der Waals surface area contributed by atoms with Crippen LogP contribution < -0.4 is 0 Å². The van der Waals surface area contributed by atoms with E-state index in [-0.39, 0.29) is 6.10 Å². The summed E-state index contributed by atoms with van der Waals surface area (Å²) in [6.07, 6.45) is 1.87. The molecule has 0 saturated carbocycles. The van der Waals surface area contributed by atoms with E-state index >= 15 is 0 Å². The van der Waals surface area contributed by atoms with Crippen molar-refractivity contribution < 1.29 is 13.5 Å². The number of piperidine rings is 2. The molecule has 0 aromatic heterocycles. The van der Waals surface area contributed by atoms with Gasteiger partial charge in [-0.1, -0.05) is 13.8 Å². The summed E-state index contributed by atoms with van der Waals surface area (Å²) >= 11 is 0. The van der Waals surface area contributed by atoms with Gasteiger partial charge in [-0.05, 0) is 31.1 Å². The van der Waals surface area contributed by atoms with Crippen LogP contribution in [0.25, 0.3) is 0 Å². The minimum atomic E-state index is -3.32. The molecule has 0 amide bonds. The summed E-state index contributed by atoms with van der Waals surface area (Å²) in [5.41, 5.74) is 0. The van der Waals surface area contributed by atoms with E-state index in [0.29, 0.717) is 50.9 Å². The average molecular weight is 276 g/mol. The first-order valence-electron chi connectivity index (χ1n) is 6.83. The lowest BCUT2D eigenvalue weighted by atomic mass is 9.94. The Kier molecular flexibility index (Phi) is 4.31. The van der Waals surface area contributed by atoms with Crippen LogP contribution in [0.3, 0.4) is 0 Å². The molecule has 0 aliphatic carbocycles. The lowest BCUT2D eigenvalue weighted by Gasteiger charge is -2.38. The lowest BCUT2D eigenvalue weighted by Crippen LogP contribution is -2.51. The van der Waals surface area contributed by atoms with Crippen LogP contribution in [0.4, 0.5) is 0 Å². The van der Waals surface area contributed by atoms with Crippen molar-refractivity contribution in [3.63, 3.8) is 0 Å². The maximum Gasteiger partial charge on any atom is 0.281 e. The van der Waals surface area contributed by atoms with Crippen LogP contribution in [0.5, 0.6) is 0 Å². The summed E-state index contributed by atoms with van der Waals surface area (Å²) in [5.74, 6) is 0.859. The summed E-state index contributed by atoms with van der Waals surface area (Å²) in [6.45, 7) is 6.37. The Hall–Kier alpha value is -0.170. The van der Waals surface area contributed by atoms with E-state index < -0.39 is 10.2 Å². The summed E-state index contributed by atoms with van der Waals surface area (Å²) < 4.78 is 28.2. The van der Waals surface area contributed by atoms with E-state index in [4.69, 9.17) is 0 Å². The molecule has 1 N–H and O–H groups in total. The molecule has 0 aromatic rings. The lowest BCUT2D eigenvalue weighted by molar-refractivity contribution is 0.108. The first-order valence-corrected chi connectivity index (χ1v) is 8.22. The van der Waals surface area contributed by atoms with Crippen molar-refractivity contribution >= 4 is 10.2 Å². The van der Waals surface area contributed by atoms with Crippen LogP contribution in [0.1, 0.15) is 33.1 Å². The molecule has 2 rings (SSSR count). The first-order chi connectivity index (χ1) is 8.39. The fourth-order valence-corrected chi connectivity index (χ4v) is 4.91. The van der Waals surface area contributed by atoms with Crippen LogP contribution in [0.2, 0.25) is 0 Å². The minimum absolute atomic E-state index is 0.337. The van der Waals surface area contributed by atoms with Crippen LogP contribution >= 0.6 is 0 Å². The average Bonchev–Trinajstić information content (AvgIpc) is 2.28. The van der Waals surface area contributed by atoms with Crippen molar-refractivity contribution in [3.05, 3.63) is 0 Å². The molecule has 6 heteroatoms. The fourth-order valence-electron chi connectivity index (χ4n) is 3.03. The Labute approximate surface area is 110 Å². The standard InChI is InChI=1S/C12H24N2O3S/c1-10-7-11(2)9-14(8-10)18(16,17)13-5-3-12(15)4-6-13/h10-12,15H,3-9H2,1-2H3. The number of aliphatic hydroxyl groups is 1. The maximum atomic E-state index is 12.5.